The summed E-state index contributed by atoms with van der Waals surface area (Å²) in [6, 6.07) is 6.88. The monoisotopic (exact) mass is 348 g/mol. The minimum absolute atomic E-state index is 0.0797. The van der Waals surface area contributed by atoms with Gasteiger partial charge < -0.3 is 9.64 Å². The lowest BCUT2D eigenvalue weighted by molar-refractivity contribution is -0.141. The molecule has 0 aliphatic carbocycles. The fourth-order valence-electron chi connectivity index (χ4n) is 2.26. The van der Waals surface area contributed by atoms with Crippen molar-refractivity contribution in [3.05, 3.63) is 53.5 Å². The van der Waals surface area contributed by atoms with Crippen LogP contribution < -0.4 is 4.74 Å². The molecule has 25 heavy (non-hydrogen) atoms. The molecule has 0 radical (unpaired) electrons. The lowest BCUT2D eigenvalue weighted by atomic mass is 10.1. The maximum absolute atomic E-state index is 12.5. The molecule has 0 spiro atoms. The number of carbonyl (C=O) groups excluding carboxylic acids is 1. The fraction of sp³-hybridized carbons (Fsp3) is 0.250. The van der Waals surface area contributed by atoms with E-state index >= 15 is 0 Å². The summed E-state index contributed by atoms with van der Waals surface area (Å²) < 4.78 is 43.0. The van der Waals surface area contributed by atoms with Gasteiger partial charge in [0.1, 0.15) is 11.8 Å². The van der Waals surface area contributed by atoms with Gasteiger partial charge in [0.05, 0.1) is 30.3 Å². The first-order valence-electron chi connectivity index (χ1n) is 7.22. The van der Waals surface area contributed by atoms with Crippen molar-refractivity contribution in [2.45, 2.75) is 12.3 Å². The third kappa shape index (κ3) is 3.68. The van der Waals surface area contributed by atoms with E-state index in [1.54, 1.807) is 6.07 Å². The summed E-state index contributed by atoms with van der Waals surface area (Å²) in [5.74, 6) is -0.132. The molecule has 3 rings (SSSR count). The van der Waals surface area contributed by atoms with Crippen molar-refractivity contribution >= 4 is 5.91 Å². The number of pyridine rings is 2. The largest absolute Gasteiger partial charge is 0.471 e. The second kappa shape index (κ2) is 6.39. The van der Waals surface area contributed by atoms with Crippen LogP contribution in [0, 0.1) is 11.3 Å². The molecule has 1 aliphatic rings. The Morgan fingerprint density at radius 3 is 2.64 bits per heavy atom. The van der Waals surface area contributed by atoms with Gasteiger partial charge in [0.15, 0.2) is 0 Å². The topological polar surface area (TPSA) is 79.1 Å². The predicted octanol–water partition coefficient (Wildman–Crippen LogP) is 2.27. The maximum Gasteiger partial charge on any atom is 0.433 e. The lowest BCUT2D eigenvalue weighted by Crippen LogP contribution is -2.56. The number of nitriles is 1. The maximum atomic E-state index is 12.5. The highest BCUT2D eigenvalue weighted by Gasteiger charge is 2.35. The van der Waals surface area contributed by atoms with Crippen LogP contribution in [0.1, 0.15) is 21.6 Å². The first-order chi connectivity index (χ1) is 11.9. The van der Waals surface area contributed by atoms with Gasteiger partial charge in [0.2, 0.25) is 5.88 Å². The van der Waals surface area contributed by atoms with Gasteiger partial charge in [-0.1, -0.05) is 0 Å². The summed E-state index contributed by atoms with van der Waals surface area (Å²) in [5, 5.41) is 8.82. The summed E-state index contributed by atoms with van der Waals surface area (Å²) in [6.45, 7) is 0.552. The highest BCUT2D eigenvalue weighted by atomic mass is 19.4. The zero-order valence-corrected chi connectivity index (χ0v) is 12.7. The van der Waals surface area contributed by atoms with Crippen LogP contribution in [0.3, 0.4) is 0 Å². The molecular weight excluding hydrogens is 337 g/mol. The Labute approximate surface area is 140 Å². The van der Waals surface area contributed by atoms with Gasteiger partial charge in [-0.05, 0) is 18.2 Å². The number of rotatable bonds is 3. The minimum atomic E-state index is -4.54. The van der Waals surface area contributed by atoms with E-state index in [4.69, 9.17) is 10.00 Å². The van der Waals surface area contributed by atoms with Gasteiger partial charge in [-0.3, -0.25) is 9.78 Å². The molecule has 3 heterocycles. The molecule has 0 saturated carbocycles. The highest BCUT2D eigenvalue weighted by Crippen LogP contribution is 2.27. The molecule has 0 atom stereocenters. The summed E-state index contributed by atoms with van der Waals surface area (Å²) in [6.07, 6.45) is -2.46. The van der Waals surface area contributed by atoms with Crippen molar-refractivity contribution in [1.82, 2.24) is 14.9 Å². The SMILES string of the molecule is N#Cc1ccnc(OC2CN(C(=O)c3ccc(C(F)(F)F)nc3)C2)c1. The summed E-state index contributed by atoms with van der Waals surface area (Å²) >= 11 is 0. The Hall–Kier alpha value is -3.15. The number of alkyl halides is 3. The number of likely N-dealkylation sites (tertiary alicyclic amines) is 1. The molecule has 1 fully saturated rings. The summed E-state index contributed by atoms with van der Waals surface area (Å²) in [7, 11) is 0. The number of carbonyl (C=O) groups is 1. The zero-order chi connectivity index (χ0) is 18.0. The standard InChI is InChI=1S/C16H11F3N4O2/c17-16(18,19)13-2-1-11(7-22-13)15(24)23-8-12(9-23)25-14-5-10(6-20)3-4-21-14/h1-5,7,12H,8-9H2. The van der Waals surface area contributed by atoms with E-state index in [9.17, 15) is 18.0 Å². The van der Waals surface area contributed by atoms with Crippen molar-refractivity contribution in [1.29, 1.82) is 5.26 Å². The van der Waals surface area contributed by atoms with Crippen LogP contribution in [0.25, 0.3) is 0 Å². The van der Waals surface area contributed by atoms with Crippen LogP contribution in [0.15, 0.2) is 36.7 Å². The van der Waals surface area contributed by atoms with E-state index in [0.717, 1.165) is 18.3 Å². The summed E-state index contributed by atoms with van der Waals surface area (Å²) in [4.78, 5) is 20.9. The van der Waals surface area contributed by atoms with Crippen LogP contribution in [-0.2, 0) is 6.18 Å². The molecular formula is C16H11F3N4O2. The van der Waals surface area contributed by atoms with Crippen molar-refractivity contribution in [3.63, 3.8) is 0 Å². The molecule has 1 amide bonds. The third-order valence-corrected chi connectivity index (χ3v) is 3.59. The smallest absolute Gasteiger partial charge is 0.433 e. The quantitative estimate of drug-likeness (QED) is 0.850. The molecule has 6 nitrogen and oxygen atoms in total. The molecule has 0 aromatic carbocycles. The predicted molar refractivity (Wildman–Crippen MR) is 78.5 cm³/mol. The molecule has 2 aromatic rings. The fourth-order valence-corrected chi connectivity index (χ4v) is 2.26. The van der Waals surface area contributed by atoms with E-state index in [1.165, 1.54) is 17.2 Å². The molecule has 0 bridgehead atoms. The molecule has 1 aliphatic heterocycles. The molecule has 0 unspecified atom stereocenters. The Bertz CT molecular complexity index is 825. The molecule has 0 N–H and O–H groups in total. The van der Waals surface area contributed by atoms with Crippen LogP contribution in [-0.4, -0.2) is 40.0 Å². The normalized spacial score (nSPS) is 14.6. The molecule has 128 valence electrons. The van der Waals surface area contributed by atoms with E-state index < -0.39 is 17.8 Å². The number of hydrogen-bond acceptors (Lipinski definition) is 5. The zero-order valence-electron chi connectivity index (χ0n) is 12.7. The van der Waals surface area contributed by atoms with Crippen LogP contribution in [0.2, 0.25) is 0 Å². The molecule has 9 heteroatoms. The van der Waals surface area contributed by atoms with Crippen molar-refractivity contribution in [3.8, 4) is 11.9 Å². The number of ether oxygens (including phenoxy) is 1. The summed E-state index contributed by atoms with van der Waals surface area (Å²) in [5.41, 5.74) is -0.554. The first kappa shape index (κ1) is 16.7. The molecule has 1 saturated heterocycles. The Balaban J connectivity index is 1.57. The number of halogens is 3. The van der Waals surface area contributed by atoms with E-state index in [1.807, 2.05) is 6.07 Å². The average molecular weight is 348 g/mol. The van der Waals surface area contributed by atoms with Crippen molar-refractivity contribution < 1.29 is 22.7 Å². The second-order valence-electron chi connectivity index (χ2n) is 5.37. The van der Waals surface area contributed by atoms with Gasteiger partial charge in [-0.25, -0.2) is 4.98 Å². The van der Waals surface area contributed by atoms with Crippen molar-refractivity contribution in [2.24, 2.45) is 0 Å². The Morgan fingerprint density at radius 2 is 2.04 bits per heavy atom. The number of aromatic nitrogens is 2. The minimum Gasteiger partial charge on any atom is -0.471 e. The van der Waals surface area contributed by atoms with Crippen LogP contribution in [0.5, 0.6) is 5.88 Å². The van der Waals surface area contributed by atoms with E-state index in [-0.39, 0.29) is 30.6 Å². The van der Waals surface area contributed by atoms with Crippen molar-refractivity contribution in [2.75, 3.05) is 13.1 Å². The van der Waals surface area contributed by atoms with Gasteiger partial charge in [0, 0.05) is 18.5 Å². The number of nitrogens with zero attached hydrogens (tertiary/aromatic N) is 4. The van der Waals surface area contributed by atoms with Crippen LogP contribution >= 0.6 is 0 Å². The molecule has 2 aromatic heterocycles. The van der Waals surface area contributed by atoms with Gasteiger partial charge in [0.25, 0.3) is 5.91 Å². The van der Waals surface area contributed by atoms with Gasteiger partial charge in [-0.15, -0.1) is 0 Å². The number of amides is 1. The first-order valence-corrected chi connectivity index (χ1v) is 7.22. The Kier molecular flexibility index (Phi) is 4.27. The van der Waals surface area contributed by atoms with Gasteiger partial charge >= 0.3 is 6.18 Å². The van der Waals surface area contributed by atoms with Gasteiger partial charge in [-0.2, -0.15) is 18.4 Å². The lowest BCUT2D eigenvalue weighted by Gasteiger charge is -2.38. The second-order valence-corrected chi connectivity index (χ2v) is 5.37. The van der Waals surface area contributed by atoms with Crippen LogP contribution in [0.4, 0.5) is 13.2 Å². The van der Waals surface area contributed by atoms with E-state index in [2.05, 4.69) is 9.97 Å². The average Bonchev–Trinajstić information content (AvgIpc) is 2.56. The van der Waals surface area contributed by atoms with E-state index in [0.29, 0.717) is 5.56 Å². The highest BCUT2D eigenvalue weighted by molar-refractivity contribution is 5.94. The third-order valence-electron chi connectivity index (χ3n) is 3.59. The Morgan fingerprint density at radius 1 is 1.28 bits per heavy atom. The number of hydrogen-bond donors (Lipinski definition) is 0.